The third-order valence-corrected chi connectivity index (χ3v) is 5.56. The number of carbonyl (C=O) groups excluding carboxylic acids is 1. The summed E-state index contributed by atoms with van der Waals surface area (Å²) in [5, 5.41) is 3.24. The predicted molar refractivity (Wildman–Crippen MR) is 113 cm³/mol. The summed E-state index contributed by atoms with van der Waals surface area (Å²) in [6.45, 7) is 6.49. The highest BCUT2D eigenvalue weighted by molar-refractivity contribution is 5.79. The Kier molecular flexibility index (Phi) is 5.14. The van der Waals surface area contributed by atoms with E-state index in [1.807, 2.05) is 49.5 Å². The number of rotatable bonds is 4. The Morgan fingerprint density at radius 2 is 1.93 bits per heavy atom. The fraction of sp³-hybridized carbons (Fsp3) is 0.333. The Bertz CT molecular complexity index is 1030. The molecule has 0 radical (unpaired) electrons. The number of carbonyl (C=O) groups is 1. The van der Waals surface area contributed by atoms with Crippen LogP contribution < -0.4 is 5.32 Å². The van der Waals surface area contributed by atoms with Crippen molar-refractivity contribution < 1.29 is 4.79 Å². The van der Waals surface area contributed by atoms with Gasteiger partial charge in [0, 0.05) is 29.7 Å². The van der Waals surface area contributed by atoms with Crippen LogP contribution in [0.4, 0.5) is 0 Å². The van der Waals surface area contributed by atoms with Gasteiger partial charge in [-0.3, -0.25) is 9.78 Å². The zero-order chi connectivity index (χ0) is 20.4. The molecule has 0 spiro atoms. The van der Waals surface area contributed by atoms with Crippen LogP contribution in [-0.2, 0) is 17.6 Å². The van der Waals surface area contributed by atoms with Gasteiger partial charge in [-0.25, -0.2) is 9.97 Å². The third-order valence-electron chi connectivity index (χ3n) is 5.56. The van der Waals surface area contributed by atoms with Crippen molar-refractivity contribution in [1.29, 1.82) is 0 Å². The van der Waals surface area contributed by atoms with Crippen molar-refractivity contribution in [3.63, 3.8) is 0 Å². The van der Waals surface area contributed by atoms with Gasteiger partial charge in [0.1, 0.15) is 0 Å². The lowest BCUT2D eigenvalue weighted by atomic mass is 9.74. The summed E-state index contributed by atoms with van der Waals surface area (Å²) in [6.07, 6.45) is 7.50. The summed E-state index contributed by atoms with van der Waals surface area (Å²) < 4.78 is 0. The number of fused-ring (bicyclic) bond motifs is 1. The molecule has 1 aliphatic rings. The lowest BCUT2D eigenvalue weighted by Crippen LogP contribution is -2.38. The van der Waals surface area contributed by atoms with E-state index >= 15 is 0 Å². The number of benzene rings is 1. The molecule has 1 aliphatic carbocycles. The van der Waals surface area contributed by atoms with E-state index in [1.54, 1.807) is 12.4 Å². The van der Waals surface area contributed by atoms with Gasteiger partial charge in [-0.1, -0.05) is 38.1 Å². The molecule has 5 nitrogen and oxygen atoms in total. The van der Waals surface area contributed by atoms with Gasteiger partial charge in [0.2, 0.25) is 5.91 Å². The topological polar surface area (TPSA) is 67.8 Å². The molecule has 148 valence electrons. The molecule has 0 saturated heterocycles. The summed E-state index contributed by atoms with van der Waals surface area (Å²) in [5.74, 6) is 0.736. The summed E-state index contributed by atoms with van der Waals surface area (Å²) in [5.41, 5.74) is 5.25. The third kappa shape index (κ3) is 4.34. The maximum atomic E-state index is 12.8. The smallest absolute Gasteiger partial charge is 0.224 e. The molecule has 4 rings (SSSR count). The molecule has 0 fully saturated rings. The Balaban J connectivity index is 1.59. The van der Waals surface area contributed by atoms with Gasteiger partial charge < -0.3 is 5.32 Å². The lowest BCUT2D eigenvalue weighted by molar-refractivity contribution is -0.121. The first kappa shape index (κ1) is 19.2. The standard InChI is InChI=1S/C24H26N4O/c1-16-6-4-5-7-18(16)12-22(29)27-20-13-24(2,3)14-21-19(20)15-26-23(28-21)17-8-10-25-11-9-17/h4-11,15,20H,12-14H2,1-3H3,(H,27,29). The molecule has 2 aromatic heterocycles. The van der Waals surface area contributed by atoms with Gasteiger partial charge >= 0.3 is 0 Å². The van der Waals surface area contributed by atoms with Gasteiger partial charge in [-0.05, 0) is 48.4 Å². The van der Waals surface area contributed by atoms with Gasteiger partial charge in [0.15, 0.2) is 5.82 Å². The molecule has 2 heterocycles. The maximum absolute atomic E-state index is 12.8. The number of aryl methyl sites for hydroxylation is 1. The van der Waals surface area contributed by atoms with Crippen molar-refractivity contribution in [1.82, 2.24) is 20.3 Å². The summed E-state index contributed by atoms with van der Waals surface area (Å²) in [6, 6.07) is 11.8. The largest absolute Gasteiger partial charge is 0.349 e. The van der Waals surface area contributed by atoms with Crippen molar-refractivity contribution in [2.24, 2.45) is 5.41 Å². The van der Waals surface area contributed by atoms with E-state index in [0.717, 1.165) is 40.8 Å². The van der Waals surface area contributed by atoms with Crippen molar-refractivity contribution in [3.8, 4) is 11.4 Å². The van der Waals surface area contributed by atoms with E-state index in [9.17, 15) is 4.79 Å². The molecule has 0 aliphatic heterocycles. The average molecular weight is 386 g/mol. The van der Waals surface area contributed by atoms with Crippen LogP contribution in [-0.4, -0.2) is 20.9 Å². The molecular weight excluding hydrogens is 360 g/mol. The van der Waals surface area contributed by atoms with Crippen LogP contribution in [0.15, 0.2) is 55.0 Å². The lowest BCUT2D eigenvalue weighted by Gasteiger charge is -2.36. The van der Waals surface area contributed by atoms with Crippen molar-refractivity contribution in [2.45, 2.75) is 46.1 Å². The first-order chi connectivity index (χ1) is 13.9. The van der Waals surface area contributed by atoms with E-state index in [4.69, 9.17) is 4.98 Å². The van der Waals surface area contributed by atoms with Gasteiger partial charge in [0.25, 0.3) is 0 Å². The van der Waals surface area contributed by atoms with Gasteiger partial charge in [-0.15, -0.1) is 0 Å². The van der Waals surface area contributed by atoms with Gasteiger partial charge in [-0.2, -0.15) is 0 Å². The molecule has 1 atom stereocenters. The molecule has 1 unspecified atom stereocenters. The number of pyridine rings is 1. The predicted octanol–water partition coefficient (Wildman–Crippen LogP) is 4.22. The molecule has 1 aromatic carbocycles. The minimum Gasteiger partial charge on any atom is -0.349 e. The van der Waals surface area contributed by atoms with Crippen LogP contribution in [0.3, 0.4) is 0 Å². The second kappa shape index (κ2) is 7.74. The summed E-state index contributed by atoms with van der Waals surface area (Å²) in [7, 11) is 0. The minimum absolute atomic E-state index is 0.0335. The second-order valence-electron chi connectivity index (χ2n) is 8.60. The number of hydrogen-bond donors (Lipinski definition) is 1. The van der Waals surface area contributed by atoms with E-state index in [0.29, 0.717) is 12.2 Å². The molecular formula is C24H26N4O. The Morgan fingerprint density at radius 1 is 1.17 bits per heavy atom. The number of nitrogens with zero attached hydrogens (tertiary/aromatic N) is 3. The zero-order valence-corrected chi connectivity index (χ0v) is 17.1. The molecule has 5 heteroatoms. The monoisotopic (exact) mass is 386 g/mol. The summed E-state index contributed by atoms with van der Waals surface area (Å²) >= 11 is 0. The molecule has 0 saturated carbocycles. The van der Waals surface area contributed by atoms with Crippen LogP contribution >= 0.6 is 0 Å². The van der Waals surface area contributed by atoms with E-state index in [-0.39, 0.29) is 17.4 Å². The van der Waals surface area contributed by atoms with E-state index in [2.05, 4.69) is 29.1 Å². The number of amides is 1. The quantitative estimate of drug-likeness (QED) is 0.729. The van der Waals surface area contributed by atoms with E-state index < -0.39 is 0 Å². The summed E-state index contributed by atoms with van der Waals surface area (Å²) in [4.78, 5) is 26.3. The Morgan fingerprint density at radius 3 is 2.69 bits per heavy atom. The highest BCUT2D eigenvalue weighted by atomic mass is 16.1. The van der Waals surface area contributed by atoms with Crippen molar-refractivity contribution in [3.05, 3.63) is 77.4 Å². The second-order valence-corrected chi connectivity index (χ2v) is 8.60. The van der Waals surface area contributed by atoms with E-state index in [1.165, 1.54) is 0 Å². The highest BCUT2D eigenvalue weighted by Crippen LogP contribution is 2.40. The zero-order valence-electron chi connectivity index (χ0n) is 17.1. The molecule has 1 amide bonds. The fourth-order valence-electron chi connectivity index (χ4n) is 4.04. The molecule has 29 heavy (non-hydrogen) atoms. The van der Waals surface area contributed by atoms with Crippen molar-refractivity contribution in [2.75, 3.05) is 0 Å². The van der Waals surface area contributed by atoms with Gasteiger partial charge in [0.05, 0.1) is 18.2 Å². The number of hydrogen-bond acceptors (Lipinski definition) is 4. The Labute approximate surface area is 171 Å². The Hall–Kier alpha value is -3.08. The van der Waals surface area contributed by atoms with Crippen LogP contribution in [0.25, 0.3) is 11.4 Å². The fourth-order valence-corrected chi connectivity index (χ4v) is 4.04. The minimum atomic E-state index is -0.0724. The first-order valence-electron chi connectivity index (χ1n) is 10.0. The SMILES string of the molecule is Cc1ccccc1CC(=O)NC1CC(C)(C)Cc2nc(-c3ccncc3)ncc21. The van der Waals surface area contributed by atoms with Crippen LogP contribution in [0, 0.1) is 12.3 Å². The average Bonchev–Trinajstić information content (AvgIpc) is 2.69. The number of aromatic nitrogens is 3. The highest BCUT2D eigenvalue weighted by Gasteiger charge is 2.34. The number of nitrogens with one attached hydrogen (secondary N) is 1. The normalized spacial score (nSPS) is 17.4. The van der Waals surface area contributed by atoms with Crippen molar-refractivity contribution >= 4 is 5.91 Å². The maximum Gasteiger partial charge on any atom is 0.224 e. The van der Waals surface area contributed by atoms with Crippen LogP contribution in [0.2, 0.25) is 0 Å². The molecule has 0 bridgehead atoms. The van der Waals surface area contributed by atoms with Crippen LogP contribution in [0.1, 0.15) is 48.7 Å². The first-order valence-corrected chi connectivity index (χ1v) is 10.0. The van der Waals surface area contributed by atoms with Crippen LogP contribution in [0.5, 0.6) is 0 Å². The molecule has 3 aromatic rings. The molecule has 1 N–H and O–H groups in total.